The molecule has 0 unspecified atom stereocenters. The lowest BCUT2D eigenvalue weighted by molar-refractivity contribution is 0.0695. The Balaban J connectivity index is 2.12. The Morgan fingerprint density at radius 2 is 2.15 bits per heavy atom. The molecule has 0 radical (unpaired) electrons. The normalized spacial score (nSPS) is 10.1. The molecule has 0 saturated carbocycles. The number of carboxylic acid groups (broad SMARTS) is 1. The molecule has 0 spiro atoms. The van der Waals surface area contributed by atoms with Crippen LogP contribution in [-0.2, 0) is 6.61 Å². The van der Waals surface area contributed by atoms with Gasteiger partial charge in [0, 0.05) is 12.1 Å². The highest BCUT2D eigenvalue weighted by molar-refractivity contribution is 5.88. The van der Waals surface area contributed by atoms with E-state index in [9.17, 15) is 9.18 Å². The van der Waals surface area contributed by atoms with Gasteiger partial charge in [0.1, 0.15) is 18.2 Å². The fourth-order valence-corrected chi connectivity index (χ4v) is 1.58. The van der Waals surface area contributed by atoms with Crippen LogP contribution < -0.4 is 9.47 Å². The molecule has 0 aliphatic carbocycles. The van der Waals surface area contributed by atoms with Gasteiger partial charge in [-0.15, -0.1) is 0 Å². The minimum Gasteiger partial charge on any atom is -0.487 e. The molecule has 2 aromatic rings. The summed E-state index contributed by atoms with van der Waals surface area (Å²) >= 11 is 0. The average Bonchev–Trinajstić information content (AvgIpc) is 2.44. The van der Waals surface area contributed by atoms with Crippen LogP contribution in [0.2, 0.25) is 0 Å². The summed E-state index contributed by atoms with van der Waals surface area (Å²) in [5.41, 5.74) is 0.420. The van der Waals surface area contributed by atoms with Crippen molar-refractivity contribution < 1.29 is 23.8 Å². The average molecular weight is 277 g/mol. The van der Waals surface area contributed by atoms with Crippen molar-refractivity contribution in [3.63, 3.8) is 0 Å². The van der Waals surface area contributed by atoms with Crippen molar-refractivity contribution in [1.82, 2.24) is 4.98 Å². The monoisotopic (exact) mass is 277 g/mol. The molecule has 104 valence electrons. The maximum atomic E-state index is 13.3. The first-order chi connectivity index (χ1) is 9.58. The Labute approximate surface area is 114 Å². The number of halogens is 1. The zero-order valence-corrected chi connectivity index (χ0v) is 10.7. The fourth-order valence-electron chi connectivity index (χ4n) is 1.58. The van der Waals surface area contributed by atoms with Gasteiger partial charge in [0.05, 0.1) is 18.4 Å². The number of carbonyl (C=O) groups is 1. The Bertz CT molecular complexity index is 630. The third-order valence-electron chi connectivity index (χ3n) is 2.50. The van der Waals surface area contributed by atoms with Gasteiger partial charge in [-0.25, -0.2) is 14.2 Å². The molecule has 1 N–H and O–H groups in total. The molecule has 1 heterocycles. The van der Waals surface area contributed by atoms with Crippen molar-refractivity contribution in [2.24, 2.45) is 0 Å². The van der Waals surface area contributed by atoms with Gasteiger partial charge in [0.2, 0.25) is 5.88 Å². The Hall–Kier alpha value is -2.63. The van der Waals surface area contributed by atoms with Crippen molar-refractivity contribution in [2.45, 2.75) is 6.61 Å². The van der Waals surface area contributed by atoms with Gasteiger partial charge in [0.25, 0.3) is 0 Å². The zero-order chi connectivity index (χ0) is 14.5. The molecule has 20 heavy (non-hydrogen) atoms. The Kier molecular flexibility index (Phi) is 4.14. The van der Waals surface area contributed by atoms with Crippen molar-refractivity contribution >= 4 is 5.97 Å². The van der Waals surface area contributed by atoms with Gasteiger partial charge < -0.3 is 14.6 Å². The summed E-state index contributed by atoms with van der Waals surface area (Å²) in [6.45, 7) is 0.0830. The van der Waals surface area contributed by atoms with E-state index in [2.05, 4.69) is 4.98 Å². The third-order valence-corrected chi connectivity index (χ3v) is 2.50. The van der Waals surface area contributed by atoms with E-state index in [1.807, 2.05) is 0 Å². The number of hydrogen-bond acceptors (Lipinski definition) is 4. The number of pyridine rings is 1. The minimum atomic E-state index is -1.21. The number of nitrogens with zero attached hydrogens (tertiary/aromatic N) is 1. The summed E-state index contributed by atoms with van der Waals surface area (Å²) in [4.78, 5) is 14.9. The van der Waals surface area contributed by atoms with E-state index in [0.29, 0.717) is 11.6 Å². The third kappa shape index (κ3) is 3.44. The highest BCUT2D eigenvalue weighted by Gasteiger charge is 2.08. The van der Waals surface area contributed by atoms with Gasteiger partial charge in [-0.05, 0) is 18.2 Å². The topological polar surface area (TPSA) is 68.7 Å². The van der Waals surface area contributed by atoms with Crippen LogP contribution in [0.15, 0.2) is 36.4 Å². The second-order valence-corrected chi connectivity index (χ2v) is 3.94. The van der Waals surface area contributed by atoms with Gasteiger partial charge >= 0.3 is 5.97 Å². The van der Waals surface area contributed by atoms with E-state index in [-0.39, 0.29) is 17.9 Å². The molecule has 5 nitrogen and oxygen atoms in total. The molecule has 0 amide bonds. The zero-order valence-electron chi connectivity index (χ0n) is 10.7. The molecular formula is C14H12FNO4. The van der Waals surface area contributed by atoms with Crippen LogP contribution >= 0.6 is 0 Å². The summed E-state index contributed by atoms with van der Waals surface area (Å²) in [7, 11) is 1.50. The van der Waals surface area contributed by atoms with Gasteiger partial charge in [-0.1, -0.05) is 6.07 Å². The minimum absolute atomic E-state index is 0.0830. The van der Waals surface area contributed by atoms with Gasteiger partial charge in [0.15, 0.2) is 0 Å². The predicted molar refractivity (Wildman–Crippen MR) is 68.5 cm³/mol. The quantitative estimate of drug-likeness (QED) is 0.909. The van der Waals surface area contributed by atoms with Crippen molar-refractivity contribution in [3.8, 4) is 11.6 Å². The summed E-state index contributed by atoms with van der Waals surface area (Å²) in [6.07, 6.45) is 0. The lowest BCUT2D eigenvalue weighted by Gasteiger charge is -2.08. The van der Waals surface area contributed by atoms with Crippen LogP contribution in [0.5, 0.6) is 11.6 Å². The lowest BCUT2D eigenvalue weighted by Crippen LogP contribution is -2.02. The Morgan fingerprint density at radius 3 is 2.85 bits per heavy atom. The van der Waals surface area contributed by atoms with E-state index in [0.717, 1.165) is 12.1 Å². The molecule has 0 saturated heterocycles. The molecule has 0 fully saturated rings. The van der Waals surface area contributed by atoms with E-state index >= 15 is 0 Å². The highest BCUT2D eigenvalue weighted by Crippen LogP contribution is 2.18. The molecule has 0 bridgehead atoms. The number of carboxylic acids is 1. The maximum Gasteiger partial charge on any atom is 0.335 e. The first-order valence-electron chi connectivity index (χ1n) is 5.75. The summed E-state index contributed by atoms with van der Waals surface area (Å²) in [5.74, 6) is -1.31. The molecule has 1 aromatic heterocycles. The number of aromatic carboxylic acids is 1. The SMILES string of the molecule is COc1cccc(COc2cc(F)cc(C(=O)O)c2)n1. The van der Waals surface area contributed by atoms with Crippen molar-refractivity contribution in [1.29, 1.82) is 0 Å². The number of ether oxygens (including phenoxy) is 2. The smallest absolute Gasteiger partial charge is 0.335 e. The van der Waals surface area contributed by atoms with E-state index in [1.165, 1.54) is 13.2 Å². The standard InChI is InChI=1S/C14H12FNO4/c1-19-13-4-2-3-11(16-13)8-20-12-6-9(14(17)18)5-10(15)7-12/h2-7H,8H2,1H3,(H,17,18). The molecule has 0 aliphatic heterocycles. The van der Waals surface area contributed by atoms with E-state index in [4.69, 9.17) is 14.6 Å². The summed E-state index contributed by atoms with van der Waals surface area (Å²) in [6, 6.07) is 8.46. The molecule has 2 rings (SSSR count). The number of methoxy groups -OCH3 is 1. The lowest BCUT2D eigenvalue weighted by atomic mass is 10.2. The number of rotatable bonds is 5. The van der Waals surface area contributed by atoms with Crippen molar-refractivity contribution in [2.75, 3.05) is 7.11 Å². The van der Waals surface area contributed by atoms with Gasteiger partial charge in [-0.3, -0.25) is 0 Å². The number of benzene rings is 1. The molecule has 1 aromatic carbocycles. The van der Waals surface area contributed by atoms with Crippen LogP contribution in [0, 0.1) is 5.82 Å². The van der Waals surface area contributed by atoms with Crippen LogP contribution in [0.3, 0.4) is 0 Å². The van der Waals surface area contributed by atoms with Crippen molar-refractivity contribution in [3.05, 3.63) is 53.5 Å². The maximum absolute atomic E-state index is 13.3. The highest BCUT2D eigenvalue weighted by atomic mass is 19.1. The fraction of sp³-hybridized carbons (Fsp3) is 0.143. The summed E-state index contributed by atoms with van der Waals surface area (Å²) < 4.78 is 23.6. The first kappa shape index (κ1) is 13.8. The molecular weight excluding hydrogens is 265 g/mol. The molecule has 0 atom stereocenters. The Morgan fingerprint density at radius 1 is 1.35 bits per heavy atom. The number of hydrogen-bond donors (Lipinski definition) is 1. The number of aromatic nitrogens is 1. The largest absolute Gasteiger partial charge is 0.487 e. The first-order valence-corrected chi connectivity index (χ1v) is 5.75. The van der Waals surface area contributed by atoms with Crippen LogP contribution in [0.4, 0.5) is 4.39 Å². The van der Waals surface area contributed by atoms with Crippen LogP contribution in [-0.4, -0.2) is 23.2 Å². The van der Waals surface area contributed by atoms with Gasteiger partial charge in [-0.2, -0.15) is 0 Å². The molecule has 0 aliphatic rings. The second-order valence-electron chi connectivity index (χ2n) is 3.94. The van der Waals surface area contributed by atoms with E-state index in [1.54, 1.807) is 18.2 Å². The van der Waals surface area contributed by atoms with Crippen LogP contribution in [0.25, 0.3) is 0 Å². The second kappa shape index (κ2) is 6.01. The summed E-state index contributed by atoms with van der Waals surface area (Å²) in [5, 5.41) is 8.84. The van der Waals surface area contributed by atoms with Crippen LogP contribution in [0.1, 0.15) is 16.1 Å². The predicted octanol–water partition coefficient (Wildman–Crippen LogP) is 2.51. The van der Waals surface area contributed by atoms with E-state index < -0.39 is 11.8 Å². The molecule has 6 heteroatoms.